The highest BCUT2D eigenvalue weighted by atomic mass is 16.5. The third-order valence-corrected chi connectivity index (χ3v) is 2.84. The van der Waals surface area contributed by atoms with Crippen LogP contribution in [0.25, 0.3) is 0 Å². The topological polar surface area (TPSA) is 55.6 Å². The smallest absolute Gasteiger partial charge is 0.231 e. The first-order chi connectivity index (χ1) is 8.43. The SMILES string of the molecule is COc1ccc(C(C)C)cc1CN(C)CC(N)=O. The fourth-order valence-electron chi connectivity index (χ4n) is 1.89. The van der Waals surface area contributed by atoms with Crippen molar-refractivity contribution in [3.63, 3.8) is 0 Å². The highest BCUT2D eigenvalue weighted by Gasteiger charge is 2.10. The number of primary amides is 1. The van der Waals surface area contributed by atoms with Crippen molar-refractivity contribution in [1.29, 1.82) is 0 Å². The number of carbonyl (C=O) groups excluding carboxylic acids is 1. The van der Waals surface area contributed by atoms with Gasteiger partial charge in [-0.25, -0.2) is 0 Å². The molecule has 4 heteroatoms. The minimum atomic E-state index is -0.323. The predicted molar refractivity (Wildman–Crippen MR) is 72.6 cm³/mol. The molecule has 0 heterocycles. The average molecular weight is 250 g/mol. The number of methoxy groups -OCH3 is 1. The summed E-state index contributed by atoms with van der Waals surface area (Å²) in [7, 11) is 3.52. The Hall–Kier alpha value is -1.55. The quantitative estimate of drug-likeness (QED) is 0.836. The Kier molecular flexibility index (Phi) is 5.16. The standard InChI is InChI=1S/C14H22N2O2/c1-10(2)11-5-6-13(18-4)12(7-11)8-16(3)9-14(15)17/h5-7,10H,8-9H2,1-4H3,(H2,15,17). The number of carbonyl (C=O) groups is 1. The fraction of sp³-hybridized carbons (Fsp3) is 0.500. The monoisotopic (exact) mass is 250 g/mol. The van der Waals surface area contributed by atoms with Crippen molar-refractivity contribution in [3.8, 4) is 5.75 Å². The summed E-state index contributed by atoms with van der Waals surface area (Å²) in [6.07, 6.45) is 0. The van der Waals surface area contributed by atoms with Crippen LogP contribution in [0.4, 0.5) is 0 Å². The molecule has 1 aromatic carbocycles. The van der Waals surface area contributed by atoms with Gasteiger partial charge in [-0.05, 0) is 24.6 Å². The molecule has 0 saturated carbocycles. The van der Waals surface area contributed by atoms with E-state index in [0.717, 1.165) is 11.3 Å². The molecule has 0 atom stereocenters. The molecule has 0 bridgehead atoms. The molecular weight excluding hydrogens is 228 g/mol. The molecule has 1 aromatic rings. The normalized spacial score (nSPS) is 11.0. The summed E-state index contributed by atoms with van der Waals surface area (Å²) in [5.41, 5.74) is 7.52. The lowest BCUT2D eigenvalue weighted by Crippen LogP contribution is -2.30. The minimum absolute atomic E-state index is 0.245. The zero-order valence-corrected chi connectivity index (χ0v) is 11.6. The van der Waals surface area contributed by atoms with Gasteiger partial charge in [-0.15, -0.1) is 0 Å². The predicted octanol–water partition coefficient (Wildman–Crippen LogP) is 1.74. The van der Waals surface area contributed by atoms with Crippen LogP contribution < -0.4 is 10.5 Å². The maximum atomic E-state index is 10.9. The molecule has 0 saturated heterocycles. The fourth-order valence-corrected chi connectivity index (χ4v) is 1.89. The van der Waals surface area contributed by atoms with Gasteiger partial charge < -0.3 is 10.5 Å². The van der Waals surface area contributed by atoms with Crippen LogP contribution in [-0.2, 0) is 11.3 Å². The Morgan fingerprint density at radius 1 is 1.44 bits per heavy atom. The maximum Gasteiger partial charge on any atom is 0.231 e. The van der Waals surface area contributed by atoms with Gasteiger partial charge in [-0.2, -0.15) is 0 Å². The molecule has 0 aliphatic heterocycles. The van der Waals surface area contributed by atoms with Crippen molar-refractivity contribution in [2.24, 2.45) is 5.73 Å². The Bertz CT molecular complexity index is 416. The summed E-state index contributed by atoms with van der Waals surface area (Å²) in [6.45, 7) is 5.19. The van der Waals surface area contributed by atoms with Gasteiger partial charge in [0.25, 0.3) is 0 Å². The van der Waals surface area contributed by atoms with Gasteiger partial charge in [0, 0.05) is 12.1 Å². The molecular formula is C14H22N2O2. The van der Waals surface area contributed by atoms with E-state index in [9.17, 15) is 4.79 Å². The molecule has 18 heavy (non-hydrogen) atoms. The largest absolute Gasteiger partial charge is 0.496 e. The molecule has 1 rings (SSSR count). The van der Waals surface area contributed by atoms with Crippen LogP contribution in [0.1, 0.15) is 30.9 Å². The van der Waals surface area contributed by atoms with Gasteiger partial charge in [0.2, 0.25) is 5.91 Å². The summed E-state index contributed by atoms with van der Waals surface area (Å²) < 4.78 is 5.34. The van der Waals surface area contributed by atoms with E-state index in [1.807, 2.05) is 18.0 Å². The molecule has 4 nitrogen and oxygen atoms in total. The Balaban J connectivity index is 2.90. The van der Waals surface area contributed by atoms with E-state index in [2.05, 4.69) is 26.0 Å². The number of rotatable bonds is 6. The van der Waals surface area contributed by atoms with Crippen LogP contribution in [0.15, 0.2) is 18.2 Å². The molecule has 1 amide bonds. The van der Waals surface area contributed by atoms with Crippen LogP contribution in [0, 0.1) is 0 Å². The van der Waals surface area contributed by atoms with E-state index < -0.39 is 0 Å². The van der Waals surface area contributed by atoms with Crippen LogP contribution in [0.5, 0.6) is 5.75 Å². The van der Waals surface area contributed by atoms with Gasteiger partial charge in [0.15, 0.2) is 0 Å². The van der Waals surface area contributed by atoms with Gasteiger partial charge in [-0.3, -0.25) is 9.69 Å². The van der Waals surface area contributed by atoms with E-state index in [1.165, 1.54) is 5.56 Å². The Morgan fingerprint density at radius 2 is 2.11 bits per heavy atom. The minimum Gasteiger partial charge on any atom is -0.496 e. The first-order valence-electron chi connectivity index (χ1n) is 6.07. The zero-order chi connectivity index (χ0) is 13.7. The van der Waals surface area contributed by atoms with Crippen molar-refractivity contribution >= 4 is 5.91 Å². The molecule has 0 spiro atoms. The summed E-state index contributed by atoms with van der Waals surface area (Å²) in [6, 6.07) is 6.17. The Morgan fingerprint density at radius 3 is 2.61 bits per heavy atom. The van der Waals surface area contributed by atoms with Crippen molar-refractivity contribution in [2.75, 3.05) is 20.7 Å². The summed E-state index contributed by atoms with van der Waals surface area (Å²) >= 11 is 0. The highest BCUT2D eigenvalue weighted by molar-refractivity contribution is 5.75. The van der Waals surface area contributed by atoms with Crippen LogP contribution in [0.3, 0.4) is 0 Å². The van der Waals surface area contributed by atoms with Gasteiger partial charge >= 0.3 is 0 Å². The first-order valence-corrected chi connectivity index (χ1v) is 6.07. The summed E-state index contributed by atoms with van der Waals surface area (Å²) in [5.74, 6) is 0.989. The number of hydrogen-bond acceptors (Lipinski definition) is 3. The van der Waals surface area contributed by atoms with Gasteiger partial charge in [0.1, 0.15) is 5.75 Å². The number of likely N-dealkylation sites (N-methyl/N-ethyl adjacent to an activating group) is 1. The van der Waals surface area contributed by atoms with E-state index in [-0.39, 0.29) is 12.5 Å². The molecule has 0 fully saturated rings. The molecule has 0 unspecified atom stereocenters. The van der Waals surface area contributed by atoms with Gasteiger partial charge in [-0.1, -0.05) is 26.0 Å². The molecule has 0 aliphatic rings. The van der Waals surface area contributed by atoms with Crippen LogP contribution in [0.2, 0.25) is 0 Å². The number of amides is 1. The zero-order valence-electron chi connectivity index (χ0n) is 11.6. The lowest BCUT2D eigenvalue weighted by Gasteiger charge is -2.18. The number of benzene rings is 1. The number of nitrogens with zero attached hydrogens (tertiary/aromatic N) is 1. The van der Waals surface area contributed by atoms with Gasteiger partial charge in [0.05, 0.1) is 13.7 Å². The molecule has 100 valence electrons. The lowest BCUT2D eigenvalue weighted by molar-refractivity contribution is -0.118. The van der Waals surface area contributed by atoms with Crippen LogP contribution >= 0.6 is 0 Å². The summed E-state index contributed by atoms with van der Waals surface area (Å²) in [4.78, 5) is 12.8. The third-order valence-electron chi connectivity index (χ3n) is 2.84. The Labute approximate surface area is 109 Å². The molecule has 2 N–H and O–H groups in total. The van der Waals surface area contributed by atoms with Crippen molar-refractivity contribution in [1.82, 2.24) is 4.90 Å². The third kappa shape index (κ3) is 4.04. The molecule has 0 radical (unpaired) electrons. The molecule has 0 aliphatic carbocycles. The van der Waals surface area contributed by atoms with E-state index in [0.29, 0.717) is 12.5 Å². The summed E-state index contributed by atoms with van der Waals surface area (Å²) in [5, 5.41) is 0. The van der Waals surface area contributed by atoms with E-state index in [1.54, 1.807) is 7.11 Å². The maximum absolute atomic E-state index is 10.9. The van der Waals surface area contributed by atoms with Crippen LogP contribution in [-0.4, -0.2) is 31.5 Å². The molecule has 0 aromatic heterocycles. The second-order valence-corrected chi connectivity index (χ2v) is 4.86. The van der Waals surface area contributed by atoms with E-state index >= 15 is 0 Å². The number of ether oxygens (including phenoxy) is 1. The van der Waals surface area contributed by atoms with E-state index in [4.69, 9.17) is 10.5 Å². The number of hydrogen-bond donors (Lipinski definition) is 1. The lowest BCUT2D eigenvalue weighted by atomic mass is 10.00. The van der Waals surface area contributed by atoms with Crippen molar-refractivity contribution in [2.45, 2.75) is 26.3 Å². The highest BCUT2D eigenvalue weighted by Crippen LogP contribution is 2.25. The first kappa shape index (κ1) is 14.5. The van der Waals surface area contributed by atoms with Crippen molar-refractivity contribution < 1.29 is 9.53 Å². The second kappa shape index (κ2) is 6.40. The second-order valence-electron chi connectivity index (χ2n) is 4.86. The number of nitrogens with two attached hydrogens (primary N) is 1. The van der Waals surface area contributed by atoms with Crippen molar-refractivity contribution in [3.05, 3.63) is 29.3 Å². The average Bonchev–Trinajstić information content (AvgIpc) is 2.27.